The van der Waals surface area contributed by atoms with Gasteiger partial charge in [0, 0.05) is 12.7 Å². The quantitative estimate of drug-likeness (QED) is 0.399. The lowest BCUT2D eigenvalue weighted by molar-refractivity contribution is -0.113. The molecular formula is C23H19N3O2S. The number of carbonyl (C=O) groups excluding carboxylic acids is 1. The molecule has 0 aliphatic heterocycles. The van der Waals surface area contributed by atoms with Gasteiger partial charge >= 0.3 is 0 Å². The topological polar surface area (TPSA) is 64.0 Å². The zero-order valence-corrected chi connectivity index (χ0v) is 16.6. The van der Waals surface area contributed by atoms with E-state index >= 15 is 0 Å². The van der Waals surface area contributed by atoms with Crippen molar-refractivity contribution < 1.29 is 4.79 Å². The zero-order valence-electron chi connectivity index (χ0n) is 15.8. The van der Waals surface area contributed by atoms with Crippen LogP contribution in [0, 0.1) is 0 Å². The van der Waals surface area contributed by atoms with Crippen molar-refractivity contribution in [1.82, 2.24) is 9.55 Å². The minimum absolute atomic E-state index is 0.116. The summed E-state index contributed by atoms with van der Waals surface area (Å²) < 4.78 is 1.48. The molecule has 4 rings (SSSR count). The molecule has 1 aromatic heterocycles. The minimum atomic E-state index is -0.148. The number of amides is 1. The van der Waals surface area contributed by atoms with E-state index in [-0.39, 0.29) is 17.2 Å². The number of benzene rings is 3. The van der Waals surface area contributed by atoms with Crippen LogP contribution in [0.1, 0.15) is 0 Å². The first-order valence-electron chi connectivity index (χ1n) is 9.16. The normalized spacial score (nSPS) is 10.8. The van der Waals surface area contributed by atoms with Crippen LogP contribution in [-0.2, 0) is 11.8 Å². The number of fused-ring (bicyclic) bond motifs is 1. The van der Waals surface area contributed by atoms with E-state index in [1.165, 1.54) is 16.3 Å². The standard InChI is InChI=1S/C23H19N3O2S/c1-26-22(28)19-9-5-6-10-20(19)25-23(26)29-15-21(27)24-18-13-11-17(12-14-18)16-7-3-2-4-8-16/h2-14H,15H2,1H3,(H,24,27). The summed E-state index contributed by atoms with van der Waals surface area (Å²) in [6.45, 7) is 0. The first-order valence-corrected chi connectivity index (χ1v) is 10.1. The Morgan fingerprint density at radius 2 is 1.59 bits per heavy atom. The van der Waals surface area contributed by atoms with Crippen molar-refractivity contribution >= 4 is 34.3 Å². The maximum absolute atomic E-state index is 12.4. The highest BCUT2D eigenvalue weighted by Crippen LogP contribution is 2.22. The number of para-hydroxylation sites is 1. The third-order valence-electron chi connectivity index (χ3n) is 4.55. The van der Waals surface area contributed by atoms with E-state index in [4.69, 9.17) is 0 Å². The molecule has 3 aromatic carbocycles. The predicted molar refractivity (Wildman–Crippen MR) is 118 cm³/mol. The highest BCUT2D eigenvalue weighted by Gasteiger charge is 2.11. The van der Waals surface area contributed by atoms with E-state index < -0.39 is 0 Å². The second kappa shape index (κ2) is 8.32. The monoisotopic (exact) mass is 401 g/mol. The van der Waals surface area contributed by atoms with Gasteiger partial charge in [0.15, 0.2) is 5.16 Å². The lowest BCUT2D eigenvalue weighted by Gasteiger charge is -2.09. The van der Waals surface area contributed by atoms with Crippen LogP contribution in [-0.4, -0.2) is 21.2 Å². The number of nitrogens with zero attached hydrogens (tertiary/aromatic N) is 2. The lowest BCUT2D eigenvalue weighted by Crippen LogP contribution is -2.21. The van der Waals surface area contributed by atoms with Crippen molar-refractivity contribution in [3.8, 4) is 11.1 Å². The Kier molecular flexibility index (Phi) is 5.44. The van der Waals surface area contributed by atoms with E-state index in [9.17, 15) is 9.59 Å². The SMILES string of the molecule is Cn1c(SCC(=O)Nc2ccc(-c3ccccc3)cc2)nc2ccccc2c1=O. The average molecular weight is 401 g/mol. The van der Waals surface area contributed by atoms with Crippen LogP contribution < -0.4 is 10.9 Å². The van der Waals surface area contributed by atoms with Crippen molar-refractivity contribution in [1.29, 1.82) is 0 Å². The van der Waals surface area contributed by atoms with Crippen molar-refractivity contribution in [2.24, 2.45) is 7.05 Å². The first-order chi connectivity index (χ1) is 14.1. The highest BCUT2D eigenvalue weighted by atomic mass is 32.2. The number of hydrogen-bond donors (Lipinski definition) is 1. The number of rotatable bonds is 5. The molecule has 0 saturated carbocycles. The van der Waals surface area contributed by atoms with E-state index in [2.05, 4.69) is 10.3 Å². The maximum Gasteiger partial charge on any atom is 0.261 e. The molecule has 1 N–H and O–H groups in total. The molecule has 0 radical (unpaired) electrons. The fourth-order valence-corrected chi connectivity index (χ4v) is 3.80. The molecule has 0 spiro atoms. The van der Waals surface area contributed by atoms with Gasteiger partial charge < -0.3 is 5.32 Å². The molecule has 0 bridgehead atoms. The molecule has 144 valence electrons. The summed E-state index contributed by atoms with van der Waals surface area (Å²) in [6, 6.07) is 25.0. The highest BCUT2D eigenvalue weighted by molar-refractivity contribution is 7.99. The van der Waals surface area contributed by atoms with Crippen LogP contribution in [0.5, 0.6) is 0 Å². The van der Waals surface area contributed by atoms with Gasteiger partial charge in [0.2, 0.25) is 5.91 Å². The summed E-state index contributed by atoms with van der Waals surface area (Å²) in [5.41, 5.74) is 3.47. The number of nitrogens with one attached hydrogen (secondary N) is 1. The predicted octanol–water partition coefficient (Wildman–Crippen LogP) is 4.33. The average Bonchev–Trinajstić information content (AvgIpc) is 2.76. The second-order valence-corrected chi connectivity index (χ2v) is 7.50. The molecule has 0 aliphatic carbocycles. The summed E-state index contributed by atoms with van der Waals surface area (Å²) in [7, 11) is 1.67. The molecule has 1 heterocycles. The van der Waals surface area contributed by atoms with Gasteiger partial charge in [-0.3, -0.25) is 14.2 Å². The molecule has 1 amide bonds. The molecule has 5 nitrogen and oxygen atoms in total. The zero-order chi connectivity index (χ0) is 20.2. The smallest absolute Gasteiger partial charge is 0.261 e. The number of thioether (sulfide) groups is 1. The summed E-state index contributed by atoms with van der Waals surface area (Å²) in [6.07, 6.45) is 0. The van der Waals surface area contributed by atoms with Crippen LogP contribution in [0.4, 0.5) is 5.69 Å². The molecule has 0 unspecified atom stereocenters. The fourth-order valence-electron chi connectivity index (χ4n) is 3.03. The van der Waals surface area contributed by atoms with Gasteiger partial charge in [-0.05, 0) is 35.4 Å². The molecule has 0 aliphatic rings. The van der Waals surface area contributed by atoms with Gasteiger partial charge in [-0.15, -0.1) is 0 Å². The third kappa shape index (κ3) is 4.22. The molecule has 0 saturated heterocycles. The lowest BCUT2D eigenvalue weighted by atomic mass is 10.1. The Morgan fingerprint density at radius 1 is 0.931 bits per heavy atom. The summed E-state index contributed by atoms with van der Waals surface area (Å²) in [5, 5.41) is 3.98. The maximum atomic E-state index is 12.4. The van der Waals surface area contributed by atoms with E-state index in [0.717, 1.165) is 16.8 Å². The van der Waals surface area contributed by atoms with Crippen LogP contribution >= 0.6 is 11.8 Å². The third-order valence-corrected chi connectivity index (χ3v) is 5.58. The van der Waals surface area contributed by atoms with E-state index in [1.54, 1.807) is 19.2 Å². The minimum Gasteiger partial charge on any atom is -0.325 e. The Labute approximate surface area is 172 Å². The van der Waals surface area contributed by atoms with Crippen LogP contribution in [0.2, 0.25) is 0 Å². The number of hydrogen-bond acceptors (Lipinski definition) is 4. The van der Waals surface area contributed by atoms with Crippen LogP contribution in [0.25, 0.3) is 22.0 Å². The molecule has 6 heteroatoms. The Hall–Kier alpha value is -3.38. The summed E-state index contributed by atoms with van der Waals surface area (Å²) in [5.74, 6) is 0.0175. The second-order valence-electron chi connectivity index (χ2n) is 6.56. The van der Waals surface area contributed by atoms with Gasteiger partial charge in [-0.25, -0.2) is 4.98 Å². The Balaban J connectivity index is 1.42. The van der Waals surface area contributed by atoms with Crippen molar-refractivity contribution in [3.05, 3.63) is 89.2 Å². The van der Waals surface area contributed by atoms with E-state index in [1.807, 2.05) is 66.7 Å². The summed E-state index contributed by atoms with van der Waals surface area (Å²) in [4.78, 5) is 29.3. The fraction of sp³-hybridized carbons (Fsp3) is 0.0870. The van der Waals surface area contributed by atoms with Gasteiger partial charge in [0.05, 0.1) is 16.7 Å². The largest absolute Gasteiger partial charge is 0.325 e. The Bertz CT molecular complexity index is 1220. The van der Waals surface area contributed by atoms with Crippen LogP contribution in [0.15, 0.2) is 88.8 Å². The van der Waals surface area contributed by atoms with Crippen molar-refractivity contribution in [3.63, 3.8) is 0 Å². The van der Waals surface area contributed by atoms with Gasteiger partial charge in [0.1, 0.15) is 0 Å². The molecule has 0 atom stereocenters. The first kappa shape index (κ1) is 19.0. The molecule has 4 aromatic rings. The van der Waals surface area contributed by atoms with Crippen molar-refractivity contribution in [2.45, 2.75) is 5.16 Å². The molecule has 0 fully saturated rings. The number of aromatic nitrogens is 2. The van der Waals surface area contributed by atoms with Gasteiger partial charge in [-0.2, -0.15) is 0 Å². The number of carbonyl (C=O) groups is 1. The molecular weight excluding hydrogens is 382 g/mol. The molecule has 29 heavy (non-hydrogen) atoms. The van der Waals surface area contributed by atoms with Gasteiger partial charge in [0.25, 0.3) is 5.56 Å². The van der Waals surface area contributed by atoms with Gasteiger partial charge in [-0.1, -0.05) is 66.4 Å². The van der Waals surface area contributed by atoms with Crippen molar-refractivity contribution in [2.75, 3.05) is 11.1 Å². The van der Waals surface area contributed by atoms with E-state index in [0.29, 0.717) is 16.1 Å². The summed E-state index contributed by atoms with van der Waals surface area (Å²) >= 11 is 1.24. The Morgan fingerprint density at radius 3 is 2.34 bits per heavy atom. The van der Waals surface area contributed by atoms with Crippen LogP contribution in [0.3, 0.4) is 0 Å². The number of anilines is 1.